The van der Waals surface area contributed by atoms with E-state index < -0.39 is 0 Å². The maximum absolute atomic E-state index is 3.55. The van der Waals surface area contributed by atoms with Gasteiger partial charge in [-0.25, -0.2) is 0 Å². The van der Waals surface area contributed by atoms with Gasteiger partial charge in [-0.2, -0.15) is 0 Å². The second-order valence-electron chi connectivity index (χ2n) is 5.50. The molecule has 1 nitrogen and oxygen atoms in total. The smallest absolute Gasteiger partial charge is 0.0299 e. The third-order valence-corrected chi connectivity index (χ3v) is 4.48. The van der Waals surface area contributed by atoms with Crippen LogP contribution in [-0.4, -0.2) is 6.54 Å². The van der Waals surface area contributed by atoms with E-state index in [-0.39, 0.29) is 0 Å². The molecular formula is C16H29NS. The van der Waals surface area contributed by atoms with E-state index in [2.05, 4.69) is 38.2 Å². The highest BCUT2D eigenvalue weighted by Crippen LogP contribution is 2.16. The molecule has 0 aliphatic heterocycles. The van der Waals surface area contributed by atoms with E-state index in [9.17, 15) is 0 Å². The summed E-state index contributed by atoms with van der Waals surface area (Å²) < 4.78 is 0. The molecule has 0 aliphatic rings. The molecule has 0 aromatic carbocycles. The molecule has 0 atom stereocenters. The van der Waals surface area contributed by atoms with E-state index in [1.807, 2.05) is 11.3 Å². The van der Waals surface area contributed by atoms with Crippen LogP contribution >= 0.6 is 11.3 Å². The second kappa shape index (κ2) is 9.57. The van der Waals surface area contributed by atoms with Crippen LogP contribution in [0, 0.1) is 5.92 Å². The van der Waals surface area contributed by atoms with Crippen molar-refractivity contribution >= 4 is 11.3 Å². The van der Waals surface area contributed by atoms with Crippen molar-refractivity contribution in [2.24, 2.45) is 5.92 Å². The van der Waals surface area contributed by atoms with Crippen molar-refractivity contribution in [3.8, 4) is 0 Å². The molecule has 1 aromatic rings. The Bertz CT molecular complexity index is 304. The van der Waals surface area contributed by atoms with Crippen molar-refractivity contribution in [3.63, 3.8) is 0 Å². The summed E-state index contributed by atoms with van der Waals surface area (Å²) in [5, 5.41) is 3.55. The van der Waals surface area contributed by atoms with Gasteiger partial charge in [-0.15, -0.1) is 11.3 Å². The van der Waals surface area contributed by atoms with Crippen molar-refractivity contribution in [1.29, 1.82) is 0 Å². The molecular weight excluding hydrogens is 238 g/mol. The fourth-order valence-corrected chi connectivity index (χ4v) is 3.00. The molecule has 18 heavy (non-hydrogen) atoms. The molecule has 0 aliphatic carbocycles. The van der Waals surface area contributed by atoms with Crippen LogP contribution in [-0.2, 0) is 13.0 Å². The van der Waals surface area contributed by atoms with Crippen LogP contribution in [0.4, 0.5) is 0 Å². The molecule has 0 amide bonds. The predicted octanol–water partition coefficient (Wildman–Crippen LogP) is 5.01. The number of nitrogens with one attached hydrogen (secondary N) is 1. The van der Waals surface area contributed by atoms with Crippen LogP contribution < -0.4 is 5.32 Å². The zero-order valence-electron chi connectivity index (χ0n) is 12.3. The fourth-order valence-electron chi connectivity index (χ4n) is 2.08. The van der Waals surface area contributed by atoms with Crippen LogP contribution in [0.15, 0.2) is 12.1 Å². The third-order valence-electron chi connectivity index (χ3n) is 3.25. The van der Waals surface area contributed by atoms with Crippen LogP contribution in [0.5, 0.6) is 0 Å². The van der Waals surface area contributed by atoms with E-state index >= 15 is 0 Å². The van der Waals surface area contributed by atoms with Crippen LogP contribution in [0.2, 0.25) is 0 Å². The fraction of sp³-hybridized carbons (Fsp3) is 0.750. The number of thiophene rings is 1. The standard InChI is InChI=1S/C16H29NS/c1-4-15-10-11-16(18-15)13-17-12-8-6-5-7-9-14(2)3/h10-11,14,17H,4-9,12-13H2,1-3H3. The second-order valence-corrected chi connectivity index (χ2v) is 6.75. The first-order chi connectivity index (χ1) is 8.72. The summed E-state index contributed by atoms with van der Waals surface area (Å²) in [6.45, 7) is 9.07. The first-order valence-corrected chi connectivity index (χ1v) is 8.32. The molecule has 0 unspecified atom stereocenters. The van der Waals surface area contributed by atoms with Crippen LogP contribution in [0.1, 0.15) is 62.6 Å². The summed E-state index contributed by atoms with van der Waals surface area (Å²) in [6, 6.07) is 4.52. The number of hydrogen-bond donors (Lipinski definition) is 1. The molecule has 2 heteroatoms. The van der Waals surface area contributed by atoms with E-state index in [0.717, 1.165) is 12.5 Å². The summed E-state index contributed by atoms with van der Waals surface area (Å²) in [4.78, 5) is 2.98. The van der Waals surface area contributed by atoms with Gasteiger partial charge in [0.1, 0.15) is 0 Å². The lowest BCUT2D eigenvalue weighted by Gasteiger charge is -2.05. The molecule has 0 spiro atoms. The van der Waals surface area contributed by atoms with Gasteiger partial charge in [-0.05, 0) is 37.4 Å². The first kappa shape index (κ1) is 15.7. The Balaban J connectivity index is 1.92. The quantitative estimate of drug-likeness (QED) is 0.588. The minimum absolute atomic E-state index is 0.870. The highest BCUT2D eigenvalue weighted by molar-refractivity contribution is 7.11. The van der Waals surface area contributed by atoms with Gasteiger partial charge in [-0.1, -0.05) is 46.5 Å². The SMILES string of the molecule is CCc1ccc(CNCCCCCCC(C)C)s1. The largest absolute Gasteiger partial charge is 0.312 e. The highest BCUT2D eigenvalue weighted by atomic mass is 32.1. The average Bonchev–Trinajstić information content (AvgIpc) is 2.80. The first-order valence-electron chi connectivity index (χ1n) is 7.50. The lowest BCUT2D eigenvalue weighted by molar-refractivity contribution is 0.512. The summed E-state index contributed by atoms with van der Waals surface area (Å²) in [5.74, 6) is 0.870. The van der Waals surface area contributed by atoms with Crippen LogP contribution in [0.3, 0.4) is 0 Å². The molecule has 104 valence electrons. The molecule has 1 N–H and O–H groups in total. The van der Waals surface area contributed by atoms with Crippen molar-refractivity contribution in [3.05, 3.63) is 21.9 Å². The molecule has 0 radical (unpaired) electrons. The van der Waals surface area contributed by atoms with Crippen molar-refractivity contribution in [2.45, 2.75) is 65.8 Å². The summed E-state index contributed by atoms with van der Waals surface area (Å²) in [5.41, 5.74) is 0. The summed E-state index contributed by atoms with van der Waals surface area (Å²) >= 11 is 1.95. The maximum atomic E-state index is 3.55. The minimum atomic E-state index is 0.870. The Morgan fingerprint density at radius 1 is 1.06 bits per heavy atom. The molecule has 0 saturated heterocycles. The molecule has 0 bridgehead atoms. The normalized spacial score (nSPS) is 11.3. The molecule has 0 saturated carbocycles. The van der Waals surface area contributed by atoms with Gasteiger partial charge in [0.15, 0.2) is 0 Å². The Morgan fingerprint density at radius 3 is 2.44 bits per heavy atom. The minimum Gasteiger partial charge on any atom is -0.312 e. The summed E-state index contributed by atoms with van der Waals surface area (Å²) in [7, 11) is 0. The predicted molar refractivity (Wildman–Crippen MR) is 83.3 cm³/mol. The van der Waals surface area contributed by atoms with Gasteiger partial charge in [0.25, 0.3) is 0 Å². The Morgan fingerprint density at radius 2 is 1.78 bits per heavy atom. The van der Waals surface area contributed by atoms with Gasteiger partial charge < -0.3 is 5.32 Å². The lowest BCUT2D eigenvalue weighted by Crippen LogP contribution is -2.13. The number of unbranched alkanes of at least 4 members (excludes halogenated alkanes) is 3. The van der Waals surface area contributed by atoms with E-state index in [1.165, 1.54) is 54.8 Å². The highest BCUT2D eigenvalue weighted by Gasteiger charge is 1.98. The van der Waals surface area contributed by atoms with Gasteiger partial charge in [0.05, 0.1) is 0 Å². The van der Waals surface area contributed by atoms with Gasteiger partial charge >= 0.3 is 0 Å². The van der Waals surface area contributed by atoms with Gasteiger partial charge in [0.2, 0.25) is 0 Å². The van der Waals surface area contributed by atoms with Crippen molar-refractivity contribution in [1.82, 2.24) is 5.32 Å². The van der Waals surface area contributed by atoms with E-state index in [0.29, 0.717) is 0 Å². The molecule has 0 fully saturated rings. The number of rotatable bonds is 10. The van der Waals surface area contributed by atoms with Gasteiger partial charge in [0, 0.05) is 16.3 Å². The average molecular weight is 267 g/mol. The molecule has 1 aromatic heterocycles. The zero-order valence-corrected chi connectivity index (χ0v) is 13.1. The summed E-state index contributed by atoms with van der Waals surface area (Å²) in [6.07, 6.45) is 8.07. The van der Waals surface area contributed by atoms with Gasteiger partial charge in [-0.3, -0.25) is 0 Å². The van der Waals surface area contributed by atoms with Crippen molar-refractivity contribution < 1.29 is 0 Å². The number of aryl methyl sites for hydroxylation is 1. The molecule has 1 rings (SSSR count). The Hall–Kier alpha value is -0.340. The lowest BCUT2D eigenvalue weighted by atomic mass is 10.0. The maximum Gasteiger partial charge on any atom is 0.0299 e. The monoisotopic (exact) mass is 267 g/mol. The topological polar surface area (TPSA) is 12.0 Å². The van der Waals surface area contributed by atoms with Crippen molar-refractivity contribution in [2.75, 3.05) is 6.54 Å². The van der Waals surface area contributed by atoms with Crippen LogP contribution in [0.25, 0.3) is 0 Å². The van der Waals surface area contributed by atoms with E-state index in [1.54, 1.807) is 0 Å². The number of hydrogen-bond acceptors (Lipinski definition) is 2. The third kappa shape index (κ3) is 7.17. The van der Waals surface area contributed by atoms with E-state index in [4.69, 9.17) is 0 Å². The zero-order chi connectivity index (χ0) is 13.2. The molecule has 1 heterocycles. The Kier molecular flexibility index (Phi) is 8.36. The Labute approximate surface area is 117 Å².